The van der Waals surface area contributed by atoms with Crippen LogP contribution in [0.15, 0.2) is 36.4 Å². The number of aromatic nitrogens is 1. The molecule has 0 spiro atoms. The number of thiophene rings is 1. The quantitative estimate of drug-likeness (QED) is 0.677. The minimum atomic E-state index is -0.290. The van der Waals surface area contributed by atoms with Gasteiger partial charge in [0.1, 0.15) is 15.9 Å². The molecule has 3 heterocycles. The van der Waals surface area contributed by atoms with Crippen LogP contribution in [0.1, 0.15) is 32.7 Å². The SMILES string of the molecule is Cc1cc(CO)c2c3c(sc2n1)C(=O)NC(c1ccccc1)N3. The molecule has 23 heavy (non-hydrogen) atoms. The monoisotopic (exact) mass is 325 g/mol. The van der Waals surface area contributed by atoms with Crippen LogP contribution in [-0.4, -0.2) is 16.0 Å². The molecule has 0 saturated heterocycles. The van der Waals surface area contributed by atoms with Crippen molar-refractivity contribution in [2.75, 3.05) is 5.32 Å². The average Bonchev–Trinajstić information content (AvgIpc) is 2.93. The first-order valence-corrected chi connectivity index (χ1v) is 8.15. The molecule has 5 nitrogen and oxygen atoms in total. The van der Waals surface area contributed by atoms with Gasteiger partial charge in [-0.05, 0) is 24.1 Å². The van der Waals surface area contributed by atoms with E-state index in [1.54, 1.807) is 0 Å². The molecule has 0 aliphatic carbocycles. The number of hydrogen-bond donors (Lipinski definition) is 3. The van der Waals surface area contributed by atoms with Gasteiger partial charge in [-0.1, -0.05) is 30.3 Å². The number of carbonyl (C=O) groups is 1. The summed E-state index contributed by atoms with van der Waals surface area (Å²) in [6.07, 6.45) is -0.290. The van der Waals surface area contributed by atoms with E-state index in [2.05, 4.69) is 15.6 Å². The lowest BCUT2D eigenvalue weighted by Crippen LogP contribution is -2.37. The molecule has 4 rings (SSSR count). The maximum absolute atomic E-state index is 12.5. The Morgan fingerprint density at radius 3 is 2.78 bits per heavy atom. The molecular formula is C17H15N3O2S. The number of anilines is 1. The first-order valence-electron chi connectivity index (χ1n) is 7.33. The van der Waals surface area contributed by atoms with E-state index < -0.39 is 0 Å². The summed E-state index contributed by atoms with van der Waals surface area (Å²) in [5, 5.41) is 16.9. The Bertz CT molecular complexity index is 905. The van der Waals surface area contributed by atoms with Gasteiger partial charge in [0.15, 0.2) is 0 Å². The number of carbonyl (C=O) groups excluding carboxylic acids is 1. The Labute approximate surface area is 137 Å². The van der Waals surface area contributed by atoms with Crippen LogP contribution in [0.2, 0.25) is 0 Å². The predicted octanol–water partition coefficient (Wildman–Crippen LogP) is 2.95. The number of nitrogens with zero attached hydrogens (tertiary/aromatic N) is 1. The summed E-state index contributed by atoms with van der Waals surface area (Å²) in [7, 11) is 0. The van der Waals surface area contributed by atoms with E-state index in [-0.39, 0.29) is 18.7 Å². The molecule has 0 radical (unpaired) electrons. The maximum Gasteiger partial charge on any atom is 0.265 e. The van der Waals surface area contributed by atoms with Gasteiger partial charge in [0.25, 0.3) is 5.91 Å². The Balaban J connectivity index is 1.89. The van der Waals surface area contributed by atoms with Crippen LogP contribution in [0.3, 0.4) is 0 Å². The number of hydrogen-bond acceptors (Lipinski definition) is 5. The average molecular weight is 325 g/mol. The number of aliphatic hydroxyl groups excluding tert-OH is 1. The topological polar surface area (TPSA) is 74.2 Å². The zero-order valence-electron chi connectivity index (χ0n) is 12.5. The van der Waals surface area contributed by atoms with E-state index in [0.717, 1.165) is 32.7 Å². The Hall–Kier alpha value is -2.44. The van der Waals surface area contributed by atoms with E-state index >= 15 is 0 Å². The molecule has 116 valence electrons. The normalized spacial score (nSPS) is 16.8. The zero-order valence-corrected chi connectivity index (χ0v) is 13.3. The van der Waals surface area contributed by atoms with Crippen LogP contribution in [0.4, 0.5) is 5.69 Å². The van der Waals surface area contributed by atoms with Gasteiger partial charge in [0.05, 0.1) is 12.3 Å². The molecule has 2 aromatic heterocycles. The highest BCUT2D eigenvalue weighted by Gasteiger charge is 2.30. The van der Waals surface area contributed by atoms with E-state index in [4.69, 9.17) is 0 Å². The van der Waals surface area contributed by atoms with Crippen molar-refractivity contribution in [3.05, 3.63) is 58.1 Å². The molecule has 0 fully saturated rings. The lowest BCUT2D eigenvalue weighted by atomic mass is 10.1. The third kappa shape index (κ3) is 2.27. The van der Waals surface area contributed by atoms with Crippen LogP contribution in [0.5, 0.6) is 0 Å². The van der Waals surface area contributed by atoms with Crippen molar-refractivity contribution in [1.29, 1.82) is 0 Å². The van der Waals surface area contributed by atoms with Crippen molar-refractivity contribution in [1.82, 2.24) is 10.3 Å². The van der Waals surface area contributed by atoms with Crippen molar-refractivity contribution in [2.24, 2.45) is 0 Å². The summed E-state index contributed by atoms with van der Waals surface area (Å²) in [5.74, 6) is -0.114. The molecule has 1 aliphatic heterocycles. The number of amides is 1. The van der Waals surface area contributed by atoms with Crippen molar-refractivity contribution in [3.63, 3.8) is 0 Å². The van der Waals surface area contributed by atoms with Crippen LogP contribution < -0.4 is 10.6 Å². The van der Waals surface area contributed by atoms with Crippen molar-refractivity contribution in [2.45, 2.75) is 19.7 Å². The lowest BCUT2D eigenvalue weighted by molar-refractivity contribution is 0.0940. The van der Waals surface area contributed by atoms with E-state index in [9.17, 15) is 9.90 Å². The highest BCUT2D eigenvalue weighted by molar-refractivity contribution is 7.21. The second-order valence-electron chi connectivity index (χ2n) is 5.53. The van der Waals surface area contributed by atoms with Gasteiger partial charge in [-0.2, -0.15) is 0 Å². The molecular weight excluding hydrogens is 310 g/mol. The van der Waals surface area contributed by atoms with Gasteiger partial charge in [-0.3, -0.25) is 4.79 Å². The fraction of sp³-hybridized carbons (Fsp3) is 0.176. The summed E-state index contributed by atoms with van der Waals surface area (Å²) >= 11 is 1.35. The molecule has 6 heteroatoms. The standard InChI is InChI=1S/C17H15N3O2S/c1-9-7-11(8-21)12-13-14(23-17(12)18-9)16(22)20-15(19-13)10-5-3-2-4-6-10/h2-7,15,19,21H,8H2,1H3,(H,20,22). The predicted molar refractivity (Wildman–Crippen MR) is 90.6 cm³/mol. The molecule has 3 N–H and O–H groups in total. The maximum atomic E-state index is 12.5. The highest BCUT2D eigenvalue weighted by Crippen LogP contribution is 2.41. The second kappa shape index (κ2) is 5.33. The Morgan fingerprint density at radius 1 is 1.26 bits per heavy atom. The number of pyridine rings is 1. The molecule has 0 bridgehead atoms. The third-order valence-corrected chi connectivity index (χ3v) is 5.03. The van der Waals surface area contributed by atoms with E-state index in [1.165, 1.54) is 11.3 Å². The number of aryl methyl sites for hydroxylation is 1. The largest absolute Gasteiger partial charge is 0.392 e. The van der Waals surface area contributed by atoms with Gasteiger partial charge in [-0.25, -0.2) is 4.98 Å². The van der Waals surface area contributed by atoms with Crippen LogP contribution in [0.25, 0.3) is 10.2 Å². The molecule has 0 saturated carbocycles. The first kappa shape index (κ1) is 14.2. The molecule has 1 aliphatic rings. The number of benzene rings is 1. The highest BCUT2D eigenvalue weighted by atomic mass is 32.1. The summed E-state index contributed by atoms with van der Waals surface area (Å²) in [6.45, 7) is 1.81. The van der Waals surface area contributed by atoms with E-state index in [1.807, 2.05) is 43.3 Å². The summed E-state index contributed by atoms with van der Waals surface area (Å²) in [5.41, 5.74) is 3.37. The summed E-state index contributed by atoms with van der Waals surface area (Å²) in [4.78, 5) is 18.4. The summed E-state index contributed by atoms with van der Waals surface area (Å²) in [6, 6.07) is 11.6. The Kier molecular flexibility index (Phi) is 3.28. The van der Waals surface area contributed by atoms with Crippen molar-refractivity contribution >= 4 is 33.1 Å². The molecule has 1 atom stereocenters. The molecule has 1 amide bonds. The van der Waals surface area contributed by atoms with Crippen molar-refractivity contribution < 1.29 is 9.90 Å². The van der Waals surface area contributed by atoms with Gasteiger partial charge in [0.2, 0.25) is 0 Å². The number of fused-ring (bicyclic) bond motifs is 3. The van der Waals surface area contributed by atoms with Gasteiger partial charge < -0.3 is 15.7 Å². The van der Waals surface area contributed by atoms with Crippen LogP contribution in [-0.2, 0) is 6.61 Å². The smallest absolute Gasteiger partial charge is 0.265 e. The minimum absolute atomic E-state index is 0.0810. The summed E-state index contributed by atoms with van der Waals surface area (Å²) < 4.78 is 0. The van der Waals surface area contributed by atoms with E-state index in [0.29, 0.717) is 4.88 Å². The molecule has 1 aromatic carbocycles. The first-order chi connectivity index (χ1) is 11.2. The molecule has 1 unspecified atom stereocenters. The Morgan fingerprint density at radius 2 is 2.04 bits per heavy atom. The molecule has 3 aromatic rings. The number of nitrogens with one attached hydrogen (secondary N) is 2. The fourth-order valence-electron chi connectivity index (χ4n) is 2.92. The van der Waals surface area contributed by atoms with Crippen LogP contribution in [0, 0.1) is 6.92 Å². The van der Waals surface area contributed by atoms with Gasteiger partial charge in [0, 0.05) is 11.1 Å². The van der Waals surface area contributed by atoms with Gasteiger partial charge in [-0.15, -0.1) is 11.3 Å². The van der Waals surface area contributed by atoms with Crippen LogP contribution >= 0.6 is 11.3 Å². The number of aliphatic hydroxyl groups is 1. The third-order valence-electron chi connectivity index (χ3n) is 3.95. The second-order valence-corrected chi connectivity index (χ2v) is 6.53. The van der Waals surface area contributed by atoms with Crippen molar-refractivity contribution in [3.8, 4) is 0 Å². The van der Waals surface area contributed by atoms with Gasteiger partial charge >= 0.3 is 0 Å². The fourth-order valence-corrected chi connectivity index (χ4v) is 4.06. The number of rotatable bonds is 2. The lowest BCUT2D eigenvalue weighted by Gasteiger charge is -2.26. The zero-order chi connectivity index (χ0) is 16.0. The minimum Gasteiger partial charge on any atom is -0.392 e.